The van der Waals surface area contributed by atoms with E-state index in [0.717, 1.165) is 53.4 Å². The summed E-state index contributed by atoms with van der Waals surface area (Å²) in [5, 5.41) is 11.5. The van der Waals surface area contributed by atoms with Crippen molar-refractivity contribution in [1.82, 2.24) is 9.47 Å². The third kappa shape index (κ3) is 5.32. The van der Waals surface area contributed by atoms with Crippen LogP contribution in [0.15, 0.2) is 35.3 Å². The van der Waals surface area contributed by atoms with Gasteiger partial charge in [0.2, 0.25) is 0 Å². The summed E-state index contributed by atoms with van der Waals surface area (Å²) in [6.07, 6.45) is 5.68. The van der Waals surface area contributed by atoms with Gasteiger partial charge in [-0.05, 0) is 38.2 Å². The van der Waals surface area contributed by atoms with E-state index >= 15 is 0 Å². The molecule has 0 bridgehead atoms. The molecule has 0 saturated heterocycles. The topological polar surface area (TPSA) is 71.8 Å². The molecule has 33 heavy (non-hydrogen) atoms. The Morgan fingerprint density at radius 1 is 1.24 bits per heavy atom. The molecule has 0 aliphatic carbocycles. The van der Waals surface area contributed by atoms with E-state index in [9.17, 15) is 14.7 Å². The summed E-state index contributed by atoms with van der Waals surface area (Å²) in [4.78, 5) is 26.2. The number of carbonyl (C=O) groups is 1. The quantitative estimate of drug-likeness (QED) is 0.622. The number of carboxylic acids is 1. The highest BCUT2D eigenvalue weighted by atomic mass is 16.5. The highest BCUT2D eigenvalue weighted by Gasteiger charge is 2.22. The molecular formula is C27H36N2O4. The summed E-state index contributed by atoms with van der Waals surface area (Å²) in [7, 11) is 2.01. The van der Waals surface area contributed by atoms with Gasteiger partial charge in [0.25, 0.3) is 0 Å². The summed E-state index contributed by atoms with van der Waals surface area (Å²) in [6, 6.07) is 7.54. The molecule has 2 aromatic rings. The van der Waals surface area contributed by atoms with Crippen LogP contribution >= 0.6 is 0 Å². The monoisotopic (exact) mass is 452 g/mol. The fraction of sp³-hybridized carbons (Fsp3) is 0.481. The molecule has 1 atom stereocenters. The van der Waals surface area contributed by atoms with Crippen LogP contribution in [0.5, 0.6) is 5.75 Å². The fourth-order valence-corrected chi connectivity index (χ4v) is 4.32. The number of aromatic nitrogens is 1. The molecule has 3 rings (SSSR count). The van der Waals surface area contributed by atoms with E-state index in [-0.39, 0.29) is 5.56 Å². The number of fused-ring (bicyclic) bond motifs is 1. The SMILES string of the molecule is CCC(C)=c1c(OCCCC(C)CC)ccc/c1=C1\c2cc(=O)c(C(=O)O)cn2CCN1C. The summed E-state index contributed by atoms with van der Waals surface area (Å²) in [6.45, 7) is 10.7. The van der Waals surface area contributed by atoms with Crippen LogP contribution in [0, 0.1) is 5.92 Å². The third-order valence-electron chi connectivity index (χ3n) is 6.69. The number of aromatic carboxylic acids is 1. The van der Waals surface area contributed by atoms with Crippen molar-refractivity contribution in [1.29, 1.82) is 0 Å². The van der Waals surface area contributed by atoms with Crippen LogP contribution in [0.3, 0.4) is 0 Å². The highest BCUT2D eigenvalue weighted by Crippen LogP contribution is 2.20. The van der Waals surface area contributed by atoms with E-state index in [1.165, 1.54) is 24.3 Å². The Morgan fingerprint density at radius 3 is 2.67 bits per heavy atom. The van der Waals surface area contributed by atoms with Gasteiger partial charge in [0, 0.05) is 42.8 Å². The molecule has 1 aliphatic rings. The lowest BCUT2D eigenvalue weighted by Gasteiger charge is -2.32. The molecule has 1 N–H and O–H groups in total. The molecule has 0 fully saturated rings. The van der Waals surface area contributed by atoms with E-state index < -0.39 is 11.4 Å². The number of hydrogen-bond donors (Lipinski definition) is 1. The minimum Gasteiger partial charge on any atom is -0.493 e. The summed E-state index contributed by atoms with van der Waals surface area (Å²) in [5.74, 6) is 0.359. The predicted octanol–water partition coefficient (Wildman–Crippen LogP) is 3.43. The third-order valence-corrected chi connectivity index (χ3v) is 6.69. The van der Waals surface area contributed by atoms with Gasteiger partial charge in [-0.15, -0.1) is 0 Å². The molecule has 6 heteroatoms. The Kier molecular flexibility index (Phi) is 8.01. The average molecular weight is 453 g/mol. The fourth-order valence-electron chi connectivity index (χ4n) is 4.32. The van der Waals surface area contributed by atoms with Crippen LogP contribution in [0.2, 0.25) is 0 Å². The molecule has 178 valence electrons. The summed E-state index contributed by atoms with van der Waals surface area (Å²) >= 11 is 0. The number of likely N-dealkylation sites (N-methyl/N-ethyl adjacent to an activating group) is 1. The van der Waals surface area contributed by atoms with Crippen molar-refractivity contribution in [3.8, 4) is 5.75 Å². The van der Waals surface area contributed by atoms with Crippen LogP contribution < -0.4 is 20.6 Å². The maximum Gasteiger partial charge on any atom is 0.341 e. The van der Waals surface area contributed by atoms with E-state index in [0.29, 0.717) is 19.1 Å². The average Bonchev–Trinajstić information content (AvgIpc) is 2.80. The van der Waals surface area contributed by atoms with Gasteiger partial charge in [-0.1, -0.05) is 44.9 Å². The zero-order valence-electron chi connectivity index (χ0n) is 20.5. The largest absolute Gasteiger partial charge is 0.493 e. The van der Waals surface area contributed by atoms with Crippen molar-refractivity contribution in [2.24, 2.45) is 5.92 Å². The van der Waals surface area contributed by atoms with Crippen molar-refractivity contribution < 1.29 is 14.6 Å². The van der Waals surface area contributed by atoms with Crippen LogP contribution in [-0.4, -0.2) is 40.7 Å². The number of ether oxygens (including phenoxy) is 1. The standard InChI is InChI=1S/C27H36N2O4/c1-6-18(3)10-9-15-33-24-12-8-11-20(25(24)19(4)7-2)26-22-16-23(30)21(27(31)32)17-29(22)14-13-28(26)5/h8,11-12,16-18H,6-7,9-10,13-15H2,1-5H3,(H,31,32)/b25-19?,26-20-. The Labute approximate surface area is 195 Å². The van der Waals surface area contributed by atoms with Gasteiger partial charge in [0.05, 0.1) is 18.0 Å². The molecule has 1 aliphatic heterocycles. The number of carboxylic acid groups (broad SMARTS) is 1. The Bertz CT molecular complexity index is 1200. The van der Waals surface area contributed by atoms with Crippen LogP contribution in [0.25, 0.3) is 11.3 Å². The lowest BCUT2D eigenvalue weighted by atomic mass is 10.0. The first-order valence-corrected chi connectivity index (χ1v) is 11.9. The highest BCUT2D eigenvalue weighted by molar-refractivity contribution is 5.87. The Hall–Kier alpha value is -3.02. The minimum atomic E-state index is -1.19. The lowest BCUT2D eigenvalue weighted by Crippen LogP contribution is -2.41. The van der Waals surface area contributed by atoms with Gasteiger partial charge in [0.1, 0.15) is 11.3 Å². The summed E-state index contributed by atoms with van der Waals surface area (Å²) < 4.78 is 8.16. The molecule has 0 saturated carbocycles. The molecule has 0 radical (unpaired) electrons. The van der Waals surface area contributed by atoms with Gasteiger partial charge in [-0.25, -0.2) is 4.79 Å². The first-order valence-electron chi connectivity index (χ1n) is 11.9. The molecular weight excluding hydrogens is 416 g/mol. The number of hydrogen-bond acceptors (Lipinski definition) is 4. The second kappa shape index (κ2) is 10.7. The van der Waals surface area contributed by atoms with Gasteiger partial charge in [-0.2, -0.15) is 0 Å². The van der Waals surface area contributed by atoms with Crippen molar-refractivity contribution >= 4 is 17.2 Å². The predicted molar refractivity (Wildman–Crippen MR) is 132 cm³/mol. The van der Waals surface area contributed by atoms with Crippen molar-refractivity contribution in [2.45, 2.75) is 59.9 Å². The number of nitrogens with zero attached hydrogens (tertiary/aromatic N) is 2. The minimum absolute atomic E-state index is 0.197. The second-order valence-electron chi connectivity index (χ2n) is 9.02. The van der Waals surface area contributed by atoms with Crippen molar-refractivity contribution in [2.75, 3.05) is 20.2 Å². The van der Waals surface area contributed by atoms with Gasteiger partial charge in [-0.3, -0.25) is 4.79 Å². The number of pyridine rings is 1. The molecule has 1 aromatic carbocycles. The first kappa shape index (κ1) is 24.6. The van der Waals surface area contributed by atoms with Crippen LogP contribution in [0.4, 0.5) is 0 Å². The van der Waals surface area contributed by atoms with Gasteiger partial charge < -0.3 is 19.3 Å². The molecule has 0 amide bonds. The number of benzene rings is 1. The normalized spacial score (nSPS) is 16.8. The number of rotatable bonds is 8. The zero-order chi connectivity index (χ0) is 24.1. The molecule has 6 nitrogen and oxygen atoms in total. The summed E-state index contributed by atoms with van der Waals surface area (Å²) in [5.41, 5.74) is 2.19. The zero-order valence-corrected chi connectivity index (χ0v) is 20.5. The van der Waals surface area contributed by atoms with Gasteiger partial charge in [0.15, 0.2) is 5.43 Å². The maximum atomic E-state index is 12.6. The van der Waals surface area contributed by atoms with E-state index in [1.54, 1.807) is 0 Å². The molecule has 1 aromatic heterocycles. The molecule has 1 unspecified atom stereocenters. The lowest BCUT2D eigenvalue weighted by molar-refractivity contribution is 0.0694. The van der Waals surface area contributed by atoms with E-state index in [1.807, 2.05) is 23.7 Å². The van der Waals surface area contributed by atoms with Crippen molar-refractivity contribution in [3.63, 3.8) is 0 Å². The van der Waals surface area contributed by atoms with Crippen LogP contribution in [0.1, 0.15) is 69.4 Å². The maximum absolute atomic E-state index is 12.6. The first-order chi connectivity index (χ1) is 15.8. The van der Waals surface area contributed by atoms with Gasteiger partial charge >= 0.3 is 5.97 Å². The molecule has 2 heterocycles. The Morgan fingerprint density at radius 2 is 2.00 bits per heavy atom. The second-order valence-corrected chi connectivity index (χ2v) is 9.02. The Balaban J connectivity index is 2.20. The van der Waals surface area contributed by atoms with E-state index in [2.05, 4.69) is 38.7 Å². The van der Waals surface area contributed by atoms with Crippen LogP contribution in [-0.2, 0) is 6.54 Å². The van der Waals surface area contributed by atoms with Crippen molar-refractivity contribution in [3.05, 3.63) is 62.4 Å². The van der Waals surface area contributed by atoms with E-state index in [4.69, 9.17) is 4.74 Å². The smallest absolute Gasteiger partial charge is 0.341 e. The molecule has 0 spiro atoms.